The molecule has 0 N–H and O–H groups in total. The van der Waals surface area contributed by atoms with Gasteiger partial charge in [-0.15, -0.1) is 0 Å². The second-order valence-corrected chi connectivity index (χ2v) is 15.1. The number of nitrogens with zero attached hydrogens (tertiary/aromatic N) is 1. The van der Waals surface area contributed by atoms with E-state index in [0.29, 0.717) is 0 Å². The standard InChI is InChI=1S/BN.Bi.3ClH/c1-2;;;;/h;;3*1H/q;+3;;;/p-3. The number of halogens is 3. The summed E-state index contributed by atoms with van der Waals surface area (Å²) >= 11 is -2.18. The molecule has 6 heavy (non-hydrogen) atoms. The zero-order valence-corrected chi connectivity index (χ0v) is 8.35. The Balaban J connectivity index is 0. The number of rotatable bonds is 0. The molecule has 0 unspecified atom stereocenters. The summed E-state index contributed by atoms with van der Waals surface area (Å²) in [5.74, 6) is 0. The Labute approximate surface area is 55.9 Å². The van der Waals surface area contributed by atoms with Crippen molar-refractivity contribution in [2.45, 2.75) is 0 Å². The molecule has 1 nitrogen and oxygen atoms in total. The Bertz CT molecular complexity index is 32.3. The third-order valence-electron chi connectivity index (χ3n) is 0. The minimum atomic E-state index is -2.18. The van der Waals surface area contributed by atoms with E-state index >= 15 is 0 Å². The Hall–Kier alpha value is 1.53. The molecule has 0 aliphatic carbocycles. The predicted molar refractivity (Wildman–Crippen MR) is 30.8 cm³/mol. The summed E-state index contributed by atoms with van der Waals surface area (Å²) in [4.78, 5) is 0. The van der Waals surface area contributed by atoms with Crippen LogP contribution in [0, 0.1) is 5.16 Å². The number of hydrogen-bond acceptors (Lipinski definition) is 1. The molecule has 0 heterocycles. The normalized spacial score (nSPS) is 6.83. The third-order valence-corrected chi connectivity index (χ3v) is 0. The first kappa shape index (κ1) is 10.5. The second kappa shape index (κ2) is 9.73. The maximum absolute atomic E-state index is 6.50. The third kappa shape index (κ3) is 48.5. The fraction of sp³-hybridized carbons (Fsp3) is 0. The average Bonchev–Trinajstić information content (AvgIpc) is 1.41. The van der Waals surface area contributed by atoms with Gasteiger partial charge in [0, 0.05) is 0 Å². The fourth-order valence-corrected chi connectivity index (χ4v) is 0. The van der Waals surface area contributed by atoms with E-state index in [9.17, 15) is 0 Å². The molecular formula is BBiCl3N. The maximum atomic E-state index is 6.50. The molecule has 34 valence electrons. The van der Waals surface area contributed by atoms with E-state index in [1.807, 2.05) is 0 Å². The summed E-state index contributed by atoms with van der Waals surface area (Å²) in [6.07, 6.45) is 0. The van der Waals surface area contributed by atoms with E-state index in [4.69, 9.17) is 30.7 Å². The molecule has 0 aromatic rings. The molecule has 0 spiro atoms. The van der Waals surface area contributed by atoms with Crippen LogP contribution < -0.4 is 0 Å². The van der Waals surface area contributed by atoms with Crippen LogP contribution in [0.25, 0.3) is 0 Å². The van der Waals surface area contributed by atoms with Gasteiger partial charge in [0.2, 0.25) is 0 Å². The zero-order valence-electron chi connectivity index (χ0n) is 2.61. The fourth-order valence-electron chi connectivity index (χ4n) is 0. The van der Waals surface area contributed by atoms with Crippen LogP contribution in [0.5, 0.6) is 0 Å². The van der Waals surface area contributed by atoms with Crippen LogP contribution in [0.4, 0.5) is 0 Å². The van der Waals surface area contributed by atoms with Gasteiger partial charge in [0.25, 0.3) is 0 Å². The SMILES string of the molecule is B#N.[Cl][Bi]([Cl])[Cl]. The van der Waals surface area contributed by atoms with Gasteiger partial charge in [0.15, 0.2) is 0 Å². The van der Waals surface area contributed by atoms with Gasteiger partial charge in [-0.2, -0.15) is 0 Å². The first-order valence-corrected chi connectivity index (χ1v) is 13.6. The van der Waals surface area contributed by atoms with Gasteiger partial charge in [-0.1, -0.05) is 0 Å². The quantitative estimate of drug-likeness (QED) is 0.611. The molecule has 0 amide bonds. The molecule has 0 radical (unpaired) electrons. The average molecular weight is 340 g/mol. The van der Waals surface area contributed by atoms with Crippen LogP contribution in [-0.4, -0.2) is 25.7 Å². The van der Waals surface area contributed by atoms with Crippen molar-refractivity contribution in [3.8, 4) is 0 Å². The molecule has 0 saturated carbocycles. The van der Waals surface area contributed by atoms with E-state index in [-0.39, 0.29) is 0 Å². The zero-order chi connectivity index (χ0) is 5.58. The van der Waals surface area contributed by atoms with Crippen LogP contribution in [-0.2, 0) is 0 Å². The van der Waals surface area contributed by atoms with Gasteiger partial charge < -0.3 is 0 Å². The van der Waals surface area contributed by atoms with Crippen LogP contribution in [0.2, 0.25) is 0 Å². The molecule has 0 aromatic carbocycles. The van der Waals surface area contributed by atoms with Gasteiger partial charge in [-0.05, 0) is 0 Å². The summed E-state index contributed by atoms with van der Waals surface area (Å²) in [6.45, 7) is 0. The van der Waals surface area contributed by atoms with Crippen molar-refractivity contribution < 1.29 is 0 Å². The molecule has 0 bridgehead atoms. The topological polar surface area (TPSA) is 23.8 Å². The van der Waals surface area contributed by atoms with Crippen LogP contribution in [0.3, 0.4) is 0 Å². The molecule has 0 fully saturated rings. The van der Waals surface area contributed by atoms with Crippen molar-refractivity contribution >= 4 is 51.2 Å². The molecular weight excluding hydrogens is 340 g/mol. The number of hydrogen-bond donors (Lipinski definition) is 0. The Morgan fingerprint density at radius 3 is 1.17 bits per heavy atom. The second-order valence-electron chi connectivity index (χ2n) is 0.192. The van der Waals surface area contributed by atoms with Crippen LogP contribution in [0.1, 0.15) is 0 Å². The summed E-state index contributed by atoms with van der Waals surface area (Å²) < 4.78 is 0. The van der Waals surface area contributed by atoms with Crippen molar-refractivity contribution in [1.82, 2.24) is 0 Å². The minimum absolute atomic E-state index is 2.18. The van der Waals surface area contributed by atoms with Gasteiger partial charge in [-0.25, -0.2) is 0 Å². The van der Waals surface area contributed by atoms with Gasteiger partial charge in [0.1, 0.15) is 0 Å². The van der Waals surface area contributed by atoms with E-state index in [0.717, 1.165) is 0 Å². The van der Waals surface area contributed by atoms with Crippen molar-refractivity contribution in [1.29, 1.82) is 5.16 Å². The molecule has 0 aromatic heterocycles. The van der Waals surface area contributed by atoms with Crippen LogP contribution in [0.15, 0.2) is 0 Å². The van der Waals surface area contributed by atoms with E-state index in [1.54, 1.807) is 0 Å². The summed E-state index contributed by atoms with van der Waals surface area (Å²) in [5, 5.41) is 6.50. The van der Waals surface area contributed by atoms with Gasteiger partial charge in [-0.3, -0.25) is 0 Å². The van der Waals surface area contributed by atoms with Crippen molar-refractivity contribution in [2.24, 2.45) is 0 Å². The summed E-state index contributed by atoms with van der Waals surface area (Å²) in [7, 11) is 18.5. The van der Waals surface area contributed by atoms with E-state index in [1.165, 1.54) is 0 Å². The van der Waals surface area contributed by atoms with Gasteiger partial charge in [0.05, 0.1) is 0 Å². The monoisotopic (exact) mass is 339 g/mol. The molecule has 0 aliphatic rings. The van der Waals surface area contributed by atoms with E-state index < -0.39 is 18.2 Å². The Morgan fingerprint density at radius 1 is 1.17 bits per heavy atom. The predicted octanol–water partition coefficient (Wildman–Crippen LogP) is 1.32. The van der Waals surface area contributed by atoms with E-state index in [2.05, 4.69) is 7.49 Å². The Morgan fingerprint density at radius 2 is 1.17 bits per heavy atom. The van der Waals surface area contributed by atoms with Crippen molar-refractivity contribution in [2.75, 3.05) is 0 Å². The first-order valence-electron chi connectivity index (χ1n) is 0.765. The summed E-state index contributed by atoms with van der Waals surface area (Å²) in [6, 6.07) is 0. The van der Waals surface area contributed by atoms with Crippen LogP contribution >= 0.6 is 25.5 Å². The first-order chi connectivity index (χ1) is 2.73. The van der Waals surface area contributed by atoms with Gasteiger partial charge >= 0.3 is 56.4 Å². The molecule has 0 aliphatic heterocycles. The molecule has 0 rings (SSSR count). The Kier molecular flexibility index (Phi) is 17.0. The molecule has 0 saturated heterocycles. The van der Waals surface area contributed by atoms with Crippen molar-refractivity contribution in [3.05, 3.63) is 0 Å². The summed E-state index contributed by atoms with van der Waals surface area (Å²) in [5.41, 5.74) is 0. The van der Waals surface area contributed by atoms with Crippen molar-refractivity contribution in [3.63, 3.8) is 0 Å². The molecule has 6 heteroatoms. The molecule has 0 atom stereocenters.